The summed E-state index contributed by atoms with van der Waals surface area (Å²) in [6, 6.07) is 4.79. The van der Waals surface area contributed by atoms with Crippen LogP contribution in [0.15, 0.2) is 24.3 Å². The lowest BCUT2D eigenvalue weighted by Crippen LogP contribution is -2.47. The highest BCUT2D eigenvalue weighted by Crippen LogP contribution is 2.47. The molecule has 1 aromatic rings. The summed E-state index contributed by atoms with van der Waals surface area (Å²) < 4.78 is 62.4. The summed E-state index contributed by atoms with van der Waals surface area (Å²) in [5.74, 6) is -0.725. The standard InChI is InChI=1S/C14H12Cl4F5N3OS2/c15-12(16,19)28-25-7-5-24(6-8-25)11(27)9-3-1-2-4-10(9)26(14(21,22)23)29-13(17,18)20/h1-4H,5-8H2. The van der Waals surface area contributed by atoms with Gasteiger partial charge in [0.05, 0.1) is 11.3 Å². The molecule has 0 bridgehead atoms. The molecule has 1 amide bonds. The lowest BCUT2D eigenvalue weighted by atomic mass is 10.1. The summed E-state index contributed by atoms with van der Waals surface area (Å²) in [7, 11) is 0. The van der Waals surface area contributed by atoms with Crippen molar-refractivity contribution < 1.29 is 26.7 Å². The number of alkyl halides is 9. The maximum Gasteiger partial charge on any atom is 0.495 e. The normalized spacial score (nSPS) is 16.8. The van der Waals surface area contributed by atoms with Crippen LogP contribution in [0.2, 0.25) is 0 Å². The van der Waals surface area contributed by atoms with E-state index in [0.29, 0.717) is 11.9 Å². The van der Waals surface area contributed by atoms with Crippen LogP contribution in [-0.4, -0.2) is 55.4 Å². The molecule has 0 aliphatic carbocycles. The van der Waals surface area contributed by atoms with Crippen molar-refractivity contribution >= 4 is 81.9 Å². The third kappa shape index (κ3) is 7.86. The van der Waals surface area contributed by atoms with Gasteiger partial charge in [0.25, 0.3) is 5.91 Å². The Morgan fingerprint density at radius 2 is 1.48 bits per heavy atom. The lowest BCUT2D eigenvalue weighted by Gasteiger charge is -2.35. The Labute approximate surface area is 191 Å². The molecule has 164 valence electrons. The average Bonchev–Trinajstić information content (AvgIpc) is 2.57. The first-order valence-corrected chi connectivity index (χ1v) is 10.8. The molecule has 15 heteroatoms. The number of rotatable bonds is 6. The fraction of sp³-hybridized carbons (Fsp3) is 0.500. The molecule has 1 heterocycles. The van der Waals surface area contributed by atoms with Gasteiger partial charge >= 0.3 is 14.1 Å². The van der Waals surface area contributed by atoms with Crippen molar-refractivity contribution in [1.82, 2.24) is 9.21 Å². The highest BCUT2D eigenvalue weighted by atomic mass is 35.5. The number of para-hydroxylation sites is 1. The number of benzene rings is 1. The molecule has 0 saturated carbocycles. The number of carbonyl (C=O) groups is 1. The zero-order valence-electron chi connectivity index (χ0n) is 14.1. The maximum absolute atomic E-state index is 13.5. The van der Waals surface area contributed by atoms with Gasteiger partial charge in [-0.05, 0) is 24.1 Å². The van der Waals surface area contributed by atoms with Crippen LogP contribution < -0.4 is 4.31 Å². The number of piperazine rings is 1. The molecule has 0 radical (unpaired) electrons. The van der Waals surface area contributed by atoms with Gasteiger partial charge in [-0.3, -0.25) is 4.79 Å². The smallest absolute Gasteiger partial charge is 0.336 e. The van der Waals surface area contributed by atoms with Crippen LogP contribution in [0.25, 0.3) is 0 Å². The molecule has 0 atom stereocenters. The molecule has 1 aliphatic heterocycles. The van der Waals surface area contributed by atoms with Gasteiger partial charge in [0.15, 0.2) is 0 Å². The third-order valence-corrected chi connectivity index (χ3v) is 5.99. The fourth-order valence-corrected chi connectivity index (χ4v) is 4.68. The number of nitrogens with zero attached hydrogens (tertiary/aromatic N) is 3. The van der Waals surface area contributed by atoms with Gasteiger partial charge in [0.1, 0.15) is 0 Å². The first-order chi connectivity index (χ1) is 13.2. The highest BCUT2D eigenvalue weighted by molar-refractivity contribution is 8.04. The van der Waals surface area contributed by atoms with Crippen molar-refractivity contribution in [2.75, 3.05) is 30.5 Å². The molecule has 1 aromatic carbocycles. The van der Waals surface area contributed by atoms with Gasteiger partial charge in [-0.2, -0.15) is 8.78 Å². The second-order valence-electron chi connectivity index (χ2n) is 5.57. The molecule has 1 fully saturated rings. The van der Waals surface area contributed by atoms with Crippen molar-refractivity contribution in [3.05, 3.63) is 29.8 Å². The summed E-state index contributed by atoms with van der Waals surface area (Å²) >= 11 is 20.8. The maximum atomic E-state index is 13.5. The van der Waals surface area contributed by atoms with Crippen molar-refractivity contribution in [2.45, 2.75) is 14.1 Å². The van der Waals surface area contributed by atoms with Crippen LogP contribution in [0.4, 0.5) is 27.6 Å². The number of hydrogen-bond donors (Lipinski definition) is 0. The van der Waals surface area contributed by atoms with E-state index in [-0.39, 0.29) is 31.7 Å². The van der Waals surface area contributed by atoms with E-state index >= 15 is 0 Å². The molecular weight excluding hydrogens is 527 g/mol. The fourth-order valence-electron chi connectivity index (χ4n) is 2.47. The van der Waals surface area contributed by atoms with Gasteiger partial charge in [-0.25, -0.2) is 8.61 Å². The Balaban J connectivity index is 2.22. The van der Waals surface area contributed by atoms with E-state index in [2.05, 4.69) is 0 Å². The molecule has 29 heavy (non-hydrogen) atoms. The van der Waals surface area contributed by atoms with Crippen molar-refractivity contribution in [3.8, 4) is 0 Å². The Bertz CT molecular complexity index is 724. The van der Waals surface area contributed by atoms with Crippen LogP contribution in [0.5, 0.6) is 0 Å². The first-order valence-electron chi connectivity index (χ1n) is 7.69. The van der Waals surface area contributed by atoms with Crippen LogP contribution in [0, 0.1) is 0 Å². The second kappa shape index (κ2) is 9.62. The summed E-state index contributed by atoms with van der Waals surface area (Å²) in [6.45, 7) is 0.527. The van der Waals surface area contributed by atoms with Crippen LogP contribution in [0.3, 0.4) is 0 Å². The van der Waals surface area contributed by atoms with E-state index < -0.39 is 42.0 Å². The zero-order chi connectivity index (χ0) is 22.0. The van der Waals surface area contributed by atoms with Gasteiger partial charge in [0, 0.05) is 38.1 Å². The lowest BCUT2D eigenvalue weighted by molar-refractivity contribution is -0.114. The summed E-state index contributed by atoms with van der Waals surface area (Å²) in [5, 5.41) is 0. The Hall–Kier alpha value is -0.0400. The first kappa shape index (κ1) is 25.2. The van der Waals surface area contributed by atoms with E-state index in [1.807, 2.05) is 0 Å². The number of anilines is 1. The predicted molar refractivity (Wildman–Crippen MR) is 109 cm³/mol. The largest absolute Gasteiger partial charge is 0.495 e. The molecule has 1 aliphatic rings. The summed E-state index contributed by atoms with van der Waals surface area (Å²) in [4.78, 5) is 14.1. The van der Waals surface area contributed by atoms with Crippen molar-refractivity contribution in [2.24, 2.45) is 0 Å². The van der Waals surface area contributed by atoms with E-state index in [1.54, 1.807) is 0 Å². The molecular formula is C14H12Cl4F5N3OS2. The minimum absolute atomic E-state index is 0.0846. The van der Waals surface area contributed by atoms with Gasteiger partial charge in [-0.15, -0.1) is 13.2 Å². The molecule has 4 nitrogen and oxygen atoms in total. The molecule has 1 saturated heterocycles. The number of halogens is 9. The summed E-state index contributed by atoms with van der Waals surface area (Å²) in [6.07, 6.45) is -5.08. The molecule has 0 spiro atoms. The van der Waals surface area contributed by atoms with Crippen molar-refractivity contribution in [3.63, 3.8) is 0 Å². The minimum Gasteiger partial charge on any atom is -0.336 e. The zero-order valence-corrected chi connectivity index (χ0v) is 18.8. The average molecular weight is 539 g/mol. The molecule has 0 unspecified atom stereocenters. The number of amides is 1. The Morgan fingerprint density at radius 3 is 1.97 bits per heavy atom. The number of hydrogen-bond acceptors (Lipinski definition) is 5. The van der Waals surface area contributed by atoms with E-state index in [0.717, 1.165) is 6.07 Å². The summed E-state index contributed by atoms with van der Waals surface area (Å²) in [5.41, 5.74) is -0.954. The molecule has 0 aromatic heterocycles. The van der Waals surface area contributed by atoms with Crippen LogP contribution in [-0.2, 0) is 0 Å². The van der Waals surface area contributed by atoms with Crippen LogP contribution >= 0.6 is 70.3 Å². The molecule has 0 N–H and O–H groups in total. The Morgan fingerprint density at radius 1 is 0.931 bits per heavy atom. The predicted octanol–water partition coefficient (Wildman–Crippen LogP) is 6.18. The third-order valence-electron chi connectivity index (χ3n) is 3.54. The van der Waals surface area contributed by atoms with E-state index in [4.69, 9.17) is 46.4 Å². The van der Waals surface area contributed by atoms with Gasteiger partial charge in [0.2, 0.25) is 0 Å². The van der Waals surface area contributed by atoms with E-state index in [1.165, 1.54) is 27.4 Å². The van der Waals surface area contributed by atoms with Crippen LogP contribution in [0.1, 0.15) is 10.4 Å². The Kier molecular flexibility index (Phi) is 8.37. The van der Waals surface area contributed by atoms with Gasteiger partial charge < -0.3 is 4.90 Å². The molecule has 2 rings (SSSR count). The SMILES string of the molecule is O=C(c1ccccc1N(SC(F)(Cl)Cl)C(F)(F)F)N1CCN(SC(F)(Cl)Cl)CC1. The topological polar surface area (TPSA) is 26.8 Å². The second-order valence-corrected chi connectivity index (χ2v) is 11.3. The van der Waals surface area contributed by atoms with E-state index in [9.17, 15) is 26.7 Å². The number of carbonyl (C=O) groups excluding carboxylic acids is 1. The highest BCUT2D eigenvalue weighted by Gasteiger charge is 2.45. The minimum atomic E-state index is -5.08. The van der Waals surface area contributed by atoms with Gasteiger partial charge in [-0.1, -0.05) is 58.5 Å². The van der Waals surface area contributed by atoms with Crippen molar-refractivity contribution in [1.29, 1.82) is 0 Å². The monoisotopic (exact) mass is 537 g/mol. The quantitative estimate of drug-likeness (QED) is 0.186.